The number of rotatable bonds is 4. The van der Waals surface area contributed by atoms with Crippen molar-refractivity contribution in [3.8, 4) is 0 Å². The van der Waals surface area contributed by atoms with Gasteiger partial charge in [0, 0.05) is 17.0 Å². The quantitative estimate of drug-likeness (QED) is 0.544. The van der Waals surface area contributed by atoms with Crippen molar-refractivity contribution in [2.24, 2.45) is 0 Å². The molecule has 0 amide bonds. The van der Waals surface area contributed by atoms with Crippen molar-refractivity contribution in [2.45, 2.75) is 19.8 Å². The largest absolute Gasteiger partial charge is 0.294 e. The van der Waals surface area contributed by atoms with Crippen molar-refractivity contribution in [3.63, 3.8) is 0 Å². The highest BCUT2D eigenvalue weighted by Crippen LogP contribution is 2.17. The Bertz CT molecular complexity index is 355. The van der Waals surface area contributed by atoms with Crippen LogP contribution in [0.25, 0.3) is 0 Å². The minimum atomic E-state index is 0.143. The number of hydrogen-bond acceptors (Lipinski definition) is 1. The average Bonchev–Trinajstić information content (AvgIpc) is 2.18. The fourth-order valence-corrected chi connectivity index (χ4v) is 1.31. The van der Waals surface area contributed by atoms with Gasteiger partial charge in [-0.15, -0.1) is 6.58 Å². The summed E-state index contributed by atoms with van der Waals surface area (Å²) in [5, 5.41) is 0.699. The van der Waals surface area contributed by atoms with Crippen LogP contribution in [0.3, 0.4) is 0 Å². The molecule has 1 rings (SSSR count). The number of ketones is 1. The Morgan fingerprint density at radius 3 is 2.86 bits per heavy atom. The van der Waals surface area contributed by atoms with E-state index in [-0.39, 0.29) is 5.78 Å². The molecular formula is C12H13ClO. The first-order valence-electron chi connectivity index (χ1n) is 4.55. The van der Waals surface area contributed by atoms with Gasteiger partial charge < -0.3 is 0 Å². The van der Waals surface area contributed by atoms with Gasteiger partial charge in [-0.05, 0) is 37.1 Å². The number of halogens is 1. The number of allylic oxidation sites excluding steroid dienone is 1. The predicted octanol–water partition coefficient (Wildman–Crippen LogP) is 3.80. The van der Waals surface area contributed by atoms with Crippen molar-refractivity contribution >= 4 is 17.4 Å². The van der Waals surface area contributed by atoms with Gasteiger partial charge in [-0.1, -0.05) is 17.7 Å². The number of hydrogen-bond donors (Lipinski definition) is 0. The van der Waals surface area contributed by atoms with Crippen LogP contribution < -0.4 is 0 Å². The third-order valence-electron chi connectivity index (χ3n) is 2.06. The molecule has 0 aliphatic heterocycles. The van der Waals surface area contributed by atoms with Crippen LogP contribution >= 0.6 is 11.6 Å². The van der Waals surface area contributed by atoms with Crippen LogP contribution in [0.1, 0.15) is 28.8 Å². The second-order valence-electron chi connectivity index (χ2n) is 3.21. The average molecular weight is 209 g/mol. The highest BCUT2D eigenvalue weighted by atomic mass is 35.5. The molecule has 0 radical (unpaired) electrons. The van der Waals surface area contributed by atoms with E-state index in [1.54, 1.807) is 18.2 Å². The Morgan fingerprint density at radius 1 is 1.57 bits per heavy atom. The lowest BCUT2D eigenvalue weighted by molar-refractivity contribution is 0.0983. The van der Waals surface area contributed by atoms with Crippen LogP contribution in [0.2, 0.25) is 5.02 Å². The van der Waals surface area contributed by atoms with Crippen molar-refractivity contribution < 1.29 is 4.79 Å². The number of carbonyl (C=O) groups is 1. The maximum atomic E-state index is 11.6. The van der Waals surface area contributed by atoms with Crippen LogP contribution in [0.4, 0.5) is 0 Å². The number of Topliss-reactive ketones (excluding diaryl/α,β-unsaturated/α-hetero) is 1. The lowest BCUT2D eigenvalue weighted by Crippen LogP contribution is -1.98. The molecule has 0 aliphatic rings. The Morgan fingerprint density at radius 2 is 2.29 bits per heavy atom. The zero-order valence-corrected chi connectivity index (χ0v) is 8.97. The summed E-state index contributed by atoms with van der Waals surface area (Å²) >= 11 is 5.86. The molecule has 74 valence electrons. The van der Waals surface area contributed by atoms with Gasteiger partial charge in [-0.2, -0.15) is 0 Å². The molecule has 1 nitrogen and oxygen atoms in total. The Kier molecular flexibility index (Phi) is 3.90. The molecule has 0 saturated heterocycles. The molecule has 0 saturated carbocycles. The van der Waals surface area contributed by atoms with Gasteiger partial charge in [0.2, 0.25) is 0 Å². The highest BCUT2D eigenvalue weighted by Gasteiger charge is 2.05. The summed E-state index contributed by atoms with van der Waals surface area (Å²) in [5.74, 6) is 0.143. The molecule has 0 aliphatic carbocycles. The van der Waals surface area contributed by atoms with E-state index in [1.807, 2.05) is 13.0 Å². The summed E-state index contributed by atoms with van der Waals surface area (Å²) in [7, 11) is 0. The van der Waals surface area contributed by atoms with E-state index in [0.717, 1.165) is 17.5 Å². The molecule has 0 bridgehead atoms. The molecule has 2 heteroatoms. The standard InChI is InChI=1S/C12H13ClO/c1-3-4-5-12(14)10-6-7-11(13)9(2)8-10/h3,6-8H,1,4-5H2,2H3. The van der Waals surface area contributed by atoms with E-state index in [2.05, 4.69) is 6.58 Å². The Labute approximate surface area is 89.4 Å². The second kappa shape index (κ2) is 4.97. The van der Waals surface area contributed by atoms with Crippen molar-refractivity contribution in [2.75, 3.05) is 0 Å². The van der Waals surface area contributed by atoms with E-state index in [1.165, 1.54) is 0 Å². The van der Waals surface area contributed by atoms with Gasteiger partial charge in [-0.3, -0.25) is 4.79 Å². The van der Waals surface area contributed by atoms with Gasteiger partial charge >= 0.3 is 0 Å². The molecule has 1 aromatic carbocycles. The predicted molar refractivity (Wildman–Crippen MR) is 60.0 cm³/mol. The fourth-order valence-electron chi connectivity index (χ4n) is 1.20. The van der Waals surface area contributed by atoms with Gasteiger partial charge in [0.15, 0.2) is 5.78 Å². The van der Waals surface area contributed by atoms with E-state index in [0.29, 0.717) is 11.4 Å². The third-order valence-corrected chi connectivity index (χ3v) is 2.48. The lowest BCUT2D eigenvalue weighted by atomic mass is 10.0. The van der Waals surface area contributed by atoms with Crippen LogP contribution in [0.15, 0.2) is 30.9 Å². The minimum absolute atomic E-state index is 0.143. The topological polar surface area (TPSA) is 17.1 Å². The SMILES string of the molecule is C=CCCC(=O)c1ccc(Cl)c(C)c1. The fraction of sp³-hybridized carbons (Fsp3) is 0.250. The summed E-state index contributed by atoms with van der Waals surface area (Å²) in [5.41, 5.74) is 1.67. The Hall–Kier alpha value is -1.08. The molecule has 0 atom stereocenters. The monoisotopic (exact) mass is 208 g/mol. The summed E-state index contributed by atoms with van der Waals surface area (Å²) < 4.78 is 0. The number of carbonyl (C=O) groups excluding carboxylic acids is 1. The molecule has 14 heavy (non-hydrogen) atoms. The van der Waals surface area contributed by atoms with Gasteiger partial charge in [0.25, 0.3) is 0 Å². The van der Waals surface area contributed by atoms with E-state index in [9.17, 15) is 4.79 Å². The minimum Gasteiger partial charge on any atom is -0.294 e. The first kappa shape index (κ1) is 11.0. The van der Waals surface area contributed by atoms with E-state index < -0.39 is 0 Å². The number of aryl methyl sites for hydroxylation is 1. The second-order valence-corrected chi connectivity index (χ2v) is 3.62. The molecule has 1 aromatic rings. The molecule has 0 spiro atoms. The molecule has 0 fully saturated rings. The van der Waals surface area contributed by atoms with Crippen LogP contribution in [-0.2, 0) is 0 Å². The lowest BCUT2D eigenvalue weighted by Gasteiger charge is -2.02. The van der Waals surface area contributed by atoms with Crippen molar-refractivity contribution in [3.05, 3.63) is 47.0 Å². The normalized spacial score (nSPS) is 9.86. The molecule has 0 N–H and O–H groups in total. The Balaban J connectivity index is 2.80. The maximum Gasteiger partial charge on any atom is 0.163 e. The van der Waals surface area contributed by atoms with E-state index >= 15 is 0 Å². The van der Waals surface area contributed by atoms with Gasteiger partial charge in [0.1, 0.15) is 0 Å². The molecular weight excluding hydrogens is 196 g/mol. The summed E-state index contributed by atoms with van der Waals surface area (Å²) in [4.78, 5) is 11.6. The van der Waals surface area contributed by atoms with Gasteiger partial charge in [-0.25, -0.2) is 0 Å². The third kappa shape index (κ3) is 2.71. The summed E-state index contributed by atoms with van der Waals surface area (Å²) in [6, 6.07) is 5.35. The van der Waals surface area contributed by atoms with Gasteiger partial charge in [0.05, 0.1) is 0 Å². The number of benzene rings is 1. The first-order chi connectivity index (χ1) is 6.65. The van der Waals surface area contributed by atoms with Crippen LogP contribution in [-0.4, -0.2) is 5.78 Å². The maximum absolute atomic E-state index is 11.6. The molecule has 0 unspecified atom stereocenters. The summed E-state index contributed by atoms with van der Waals surface area (Å²) in [6.07, 6.45) is 2.99. The zero-order valence-electron chi connectivity index (χ0n) is 8.22. The summed E-state index contributed by atoms with van der Waals surface area (Å²) in [6.45, 7) is 5.48. The van der Waals surface area contributed by atoms with E-state index in [4.69, 9.17) is 11.6 Å². The first-order valence-corrected chi connectivity index (χ1v) is 4.93. The molecule has 0 aromatic heterocycles. The van der Waals surface area contributed by atoms with Crippen molar-refractivity contribution in [1.29, 1.82) is 0 Å². The highest BCUT2D eigenvalue weighted by molar-refractivity contribution is 6.31. The van der Waals surface area contributed by atoms with Crippen molar-refractivity contribution in [1.82, 2.24) is 0 Å². The van der Waals surface area contributed by atoms with Crippen LogP contribution in [0, 0.1) is 6.92 Å². The van der Waals surface area contributed by atoms with Crippen LogP contribution in [0.5, 0.6) is 0 Å². The zero-order chi connectivity index (χ0) is 10.6. The molecule has 0 heterocycles. The smallest absolute Gasteiger partial charge is 0.163 e.